The van der Waals surface area contributed by atoms with Gasteiger partial charge in [-0.3, -0.25) is 9.59 Å². The molecule has 0 radical (unpaired) electrons. The molecule has 0 aliphatic heterocycles. The Hall–Kier alpha value is -4.26. The fraction of sp³-hybridized carbons (Fsp3) is 0.115. The van der Waals surface area contributed by atoms with E-state index in [0.717, 1.165) is 11.6 Å². The van der Waals surface area contributed by atoms with Gasteiger partial charge in [0.2, 0.25) is 5.76 Å². The molecule has 6 nitrogen and oxygen atoms in total. The number of ether oxygens (including phenoxy) is 1. The van der Waals surface area contributed by atoms with Gasteiger partial charge in [0.25, 0.3) is 0 Å². The molecule has 0 bridgehead atoms. The third kappa shape index (κ3) is 6.36. The lowest BCUT2D eigenvalue weighted by atomic mass is 10.1. The number of halogens is 1. The van der Waals surface area contributed by atoms with Crippen LogP contribution in [-0.2, 0) is 20.9 Å². The third-order valence-corrected chi connectivity index (χ3v) is 4.68. The highest BCUT2D eigenvalue weighted by molar-refractivity contribution is 6.09. The summed E-state index contributed by atoms with van der Waals surface area (Å²) in [4.78, 5) is 36.5. The van der Waals surface area contributed by atoms with Gasteiger partial charge in [-0.1, -0.05) is 30.3 Å². The minimum Gasteiger partial charge on any atom is -0.502 e. The van der Waals surface area contributed by atoms with Crippen molar-refractivity contribution in [3.8, 4) is 0 Å². The number of benzene rings is 2. The van der Waals surface area contributed by atoms with E-state index in [1.807, 2.05) is 30.3 Å². The first kappa shape index (κ1) is 23.4. The van der Waals surface area contributed by atoms with Gasteiger partial charge < -0.3 is 14.4 Å². The molecule has 7 heteroatoms. The summed E-state index contributed by atoms with van der Waals surface area (Å²) in [5.74, 6) is -3.13. The zero-order chi connectivity index (χ0) is 23.8. The summed E-state index contributed by atoms with van der Waals surface area (Å²) in [6.07, 6.45) is 5.10. The number of hydrogen-bond donors (Lipinski definition) is 1. The van der Waals surface area contributed by atoms with Gasteiger partial charge in [-0.2, -0.15) is 0 Å². The van der Waals surface area contributed by atoms with Gasteiger partial charge >= 0.3 is 5.97 Å². The van der Waals surface area contributed by atoms with Crippen molar-refractivity contribution in [2.24, 2.45) is 0 Å². The van der Waals surface area contributed by atoms with E-state index in [1.165, 1.54) is 36.4 Å². The Morgan fingerprint density at radius 3 is 2.39 bits per heavy atom. The van der Waals surface area contributed by atoms with Crippen LogP contribution >= 0.6 is 0 Å². The molecule has 1 aromatic heterocycles. The zero-order valence-electron chi connectivity index (χ0n) is 17.9. The lowest BCUT2D eigenvalue weighted by Gasteiger charge is -2.06. The van der Waals surface area contributed by atoms with Gasteiger partial charge in [0.15, 0.2) is 11.6 Å². The average Bonchev–Trinajstić information content (AvgIpc) is 3.21. The van der Waals surface area contributed by atoms with E-state index in [-0.39, 0.29) is 12.4 Å². The summed E-state index contributed by atoms with van der Waals surface area (Å²) >= 11 is 0. The average molecular weight is 447 g/mol. The molecule has 0 amide bonds. The maximum Gasteiger partial charge on any atom is 0.373 e. The number of aliphatic hydroxyl groups is 1. The van der Waals surface area contributed by atoms with Crippen LogP contribution in [0.15, 0.2) is 84.8 Å². The topological polar surface area (TPSA) is 85.6 Å². The van der Waals surface area contributed by atoms with Crippen molar-refractivity contribution in [1.82, 2.24) is 4.57 Å². The summed E-state index contributed by atoms with van der Waals surface area (Å²) in [7, 11) is 0. The fourth-order valence-electron chi connectivity index (χ4n) is 3.09. The number of aliphatic hydroxyl groups excluding tert-OH is 1. The van der Waals surface area contributed by atoms with Gasteiger partial charge in [0, 0.05) is 35.6 Å². The number of carbonyl (C=O) groups excluding carboxylic acids is 3. The van der Waals surface area contributed by atoms with Gasteiger partial charge in [-0.15, -0.1) is 0 Å². The number of ketones is 2. The number of hydrogen-bond acceptors (Lipinski definition) is 5. The van der Waals surface area contributed by atoms with Crippen molar-refractivity contribution in [2.75, 3.05) is 6.61 Å². The van der Waals surface area contributed by atoms with Crippen LogP contribution in [-0.4, -0.2) is 33.8 Å². The lowest BCUT2D eigenvalue weighted by Crippen LogP contribution is -2.08. The van der Waals surface area contributed by atoms with Gasteiger partial charge in [-0.05, 0) is 55.0 Å². The largest absolute Gasteiger partial charge is 0.502 e. The summed E-state index contributed by atoms with van der Waals surface area (Å²) in [6.45, 7) is 2.09. The van der Waals surface area contributed by atoms with Gasteiger partial charge in [-0.25, -0.2) is 9.18 Å². The van der Waals surface area contributed by atoms with Crippen molar-refractivity contribution < 1.29 is 28.6 Å². The molecule has 0 atom stereocenters. The monoisotopic (exact) mass is 447 g/mol. The summed E-state index contributed by atoms with van der Waals surface area (Å²) in [5.41, 5.74) is 2.24. The molecule has 0 aliphatic rings. The minimum absolute atomic E-state index is 0.0681. The van der Waals surface area contributed by atoms with Crippen molar-refractivity contribution in [3.05, 3.63) is 113 Å². The number of carbonyl (C=O) groups is 3. The van der Waals surface area contributed by atoms with Gasteiger partial charge in [0.1, 0.15) is 5.82 Å². The Bertz CT molecular complexity index is 1210. The molecule has 3 aromatic rings. The first-order valence-electron chi connectivity index (χ1n) is 10.2. The molecule has 0 saturated carbocycles. The van der Waals surface area contributed by atoms with Crippen LogP contribution in [0.1, 0.15) is 34.1 Å². The van der Waals surface area contributed by atoms with Crippen molar-refractivity contribution in [1.29, 1.82) is 0 Å². The Morgan fingerprint density at radius 2 is 1.73 bits per heavy atom. The number of rotatable bonds is 9. The van der Waals surface area contributed by atoms with E-state index in [1.54, 1.807) is 23.8 Å². The van der Waals surface area contributed by atoms with Crippen molar-refractivity contribution >= 4 is 23.6 Å². The first-order chi connectivity index (χ1) is 15.9. The van der Waals surface area contributed by atoms with E-state index in [0.29, 0.717) is 23.4 Å². The van der Waals surface area contributed by atoms with Crippen LogP contribution in [0.4, 0.5) is 4.39 Å². The van der Waals surface area contributed by atoms with Crippen LogP contribution in [0, 0.1) is 5.82 Å². The number of esters is 1. The van der Waals surface area contributed by atoms with Crippen LogP contribution in [0.3, 0.4) is 0 Å². The molecule has 168 valence electrons. The van der Waals surface area contributed by atoms with Crippen LogP contribution in [0.25, 0.3) is 6.08 Å². The molecular weight excluding hydrogens is 425 g/mol. The second-order valence-electron chi connectivity index (χ2n) is 7.09. The zero-order valence-corrected chi connectivity index (χ0v) is 17.9. The maximum absolute atomic E-state index is 13.2. The highest BCUT2D eigenvalue weighted by atomic mass is 19.1. The molecule has 0 aliphatic carbocycles. The molecule has 33 heavy (non-hydrogen) atoms. The standard InChI is InChI=1S/C26H22FNO5/c1-2-33-26(32)24(30)15-23(29)13-12-22-14-20(25(31)19-8-10-21(27)11-9-19)17-28(22)16-18-6-4-3-5-7-18/h3-15,17,30H,2,16H2,1H3/b13-12+,24-15-. The predicted molar refractivity (Wildman–Crippen MR) is 121 cm³/mol. The molecule has 1 N–H and O–H groups in total. The molecule has 0 unspecified atom stereocenters. The second kappa shape index (κ2) is 10.9. The molecule has 0 saturated heterocycles. The summed E-state index contributed by atoms with van der Waals surface area (Å²) in [6, 6.07) is 16.4. The Balaban J connectivity index is 1.89. The quantitative estimate of drug-likeness (QED) is 0.226. The highest BCUT2D eigenvalue weighted by Gasteiger charge is 2.14. The number of allylic oxidation sites excluding steroid dienone is 2. The van der Waals surface area contributed by atoms with Crippen LogP contribution < -0.4 is 0 Å². The smallest absolute Gasteiger partial charge is 0.373 e. The summed E-state index contributed by atoms with van der Waals surface area (Å²) in [5, 5.41) is 9.64. The van der Waals surface area contributed by atoms with Gasteiger partial charge in [0.05, 0.1) is 6.61 Å². The van der Waals surface area contributed by atoms with Crippen molar-refractivity contribution in [2.45, 2.75) is 13.5 Å². The first-order valence-corrected chi connectivity index (χ1v) is 10.2. The van der Waals surface area contributed by atoms with E-state index >= 15 is 0 Å². The molecular formula is C26H22FNO5. The van der Waals surface area contributed by atoms with Crippen LogP contribution in [0.2, 0.25) is 0 Å². The number of nitrogens with zero attached hydrogens (tertiary/aromatic N) is 1. The van der Waals surface area contributed by atoms with Crippen molar-refractivity contribution in [3.63, 3.8) is 0 Å². The van der Waals surface area contributed by atoms with E-state index in [2.05, 4.69) is 4.74 Å². The lowest BCUT2D eigenvalue weighted by molar-refractivity contribution is -0.141. The SMILES string of the molecule is CCOC(=O)/C(O)=C/C(=O)/C=C/c1cc(C(=O)c2ccc(F)cc2)cn1Cc1ccccc1. The van der Waals surface area contributed by atoms with Crippen LogP contribution in [0.5, 0.6) is 0 Å². The maximum atomic E-state index is 13.2. The molecule has 1 heterocycles. The Kier molecular flexibility index (Phi) is 7.70. The Morgan fingerprint density at radius 1 is 1.03 bits per heavy atom. The molecule has 0 spiro atoms. The molecule has 2 aromatic carbocycles. The fourth-order valence-corrected chi connectivity index (χ4v) is 3.09. The normalized spacial score (nSPS) is 11.5. The number of aromatic nitrogens is 1. The predicted octanol–water partition coefficient (Wildman–Crippen LogP) is 4.49. The second-order valence-corrected chi connectivity index (χ2v) is 7.09. The third-order valence-electron chi connectivity index (χ3n) is 4.68. The van der Waals surface area contributed by atoms with E-state index in [9.17, 15) is 23.9 Å². The molecule has 0 fully saturated rings. The minimum atomic E-state index is -0.987. The molecule has 3 rings (SSSR count). The summed E-state index contributed by atoms with van der Waals surface area (Å²) < 4.78 is 19.6. The highest BCUT2D eigenvalue weighted by Crippen LogP contribution is 2.18. The van der Waals surface area contributed by atoms with E-state index < -0.39 is 23.3 Å². The Labute approximate surface area is 190 Å². The van der Waals surface area contributed by atoms with E-state index in [4.69, 9.17) is 0 Å².